The van der Waals surface area contributed by atoms with Crippen molar-refractivity contribution in [3.05, 3.63) is 49.1 Å². The second kappa shape index (κ2) is 7.07. The minimum Gasteiger partial charge on any atom is -0.0991 e. The van der Waals surface area contributed by atoms with E-state index >= 15 is 0 Å². The van der Waals surface area contributed by atoms with Gasteiger partial charge in [0.05, 0.1) is 0 Å². The fourth-order valence-electron chi connectivity index (χ4n) is 0.669. The van der Waals surface area contributed by atoms with Crippen LogP contribution in [0, 0.1) is 5.92 Å². The lowest BCUT2D eigenvalue weighted by Gasteiger charge is -1.93. The molecule has 0 aliphatic heterocycles. The van der Waals surface area contributed by atoms with Crippen LogP contribution in [0.1, 0.15) is 13.8 Å². The summed E-state index contributed by atoms with van der Waals surface area (Å²) in [7, 11) is 0. The van der Waals surface area contributed by atoms with Crippen molar-refractivity contribution >= 4 is 0 Å². The molecule has 0 spiro atoms. The molecule has 0 aliphatic rings. The number of rotatable bonds is 4. The SMILES string of the molecule is C=C/C=C/C(C)/C=C/C=C/C. The van der Waals surface area contributed by atoms with E-state index in [0.29, 0.717) is 5.92 Å². The molecule has 0 aromatic carbocycles. The first-order valence-electron chi connectivity index (χ1n) is 3.90. The number of hydrogen-bond acceptors (Lipinski definition) is 0. The summed E-state index contributed by atoms with van der Waals surface area (Å²) in [5.41, 5.74) is 0. The van der Waals surface area contributed by atoms with Crippen LogP contribution in [-0.2, 0) is 0 Å². The van der Waals surface area contributed by atoms with Crippen LogP contribution >= 0.6 is 0 Å². The number of hydrogen-bond donors (Lipinski definition) is 0. The Kier molecular flexibility index (Phi) is 6.40. The summed E-state index contributed by atoms with van der Waals surface area (Å²) in [5.74, 6) is 0.490. The summed E-state index contributed by atoms with van der Waals surface area (Å²) >= 11 is 0. The maximum atomic E-state index is 3.60. The molecule has 0 heteroatoms. The summed E-state index contributed by atoms with van der Waals surface area (Å²) in [5, 5.41) is 0. The average molecular weight is 148 g/mol. The Morgan fingerprint density at radius 1 is 1.09 bits per heavy atom. The van der Waals surface area contributed by atoms with E-state index in [0.717, 1.165) is 0 Å². The molecule has 0 bridgehead atoms. The molecule has 0 aromatic rings. The van der Waals surface area contributed by atoms with Crippen LogP contribution in [0.25, 0.3) is 0 Å². The molecule has 0 nitrogen and oxygen atoms in total. The largest absolute Gasteiger partial charge is 0.0991 e. The topological polar surface area (TPSA) is 0 Å². The van der Waals surface area contributed by atoms with Crippen molar-refractivity contribution in [1.29, 1.82) is 0 Å². The molecular formula is C11H16. The smallest absolute Gasteiger partial charge is 0.00756 e. The van der Waals surface area contributed by atoms with E-state index in [4.69, 9.17) is 0 Å². The van der Waals surface area contributed by atoms with Crippen LogP contribution in [0.2, 0.25) is 0 Å². The van der Waals surface area contributed by atoms with Crippen molar-refractivity contribution in [3.63, 3.8) is 0 Å². The van der Waals surface area contributed by atoms with Crippen molar-refractivity contribution in [1.82, 2.24) is 0 Å². The first-order valence-corrected chi connectivity index (χ1v) is 3.90. The third-order valence-electron chi connectivity index (χ3n) is 1.27. The monoisotopic (exact) mass is 148 g/mol. The van der Waals surface area contributed by atoms with Gasteiger partial charge < -0.3 is 0 Å². The maximum Gasteiger partial charge on any atom is -0.00756 e. The Labute approximate surface area is 69.6 Å². The normalized spacial score (nSPS) is 15.1. The second-order valence-electron chi connectivity index (χ2n) is 2.39. The van der Waals surface area contributed by atoms with Gasteiger partial charge in [0.15, 0.2) is 0 Å². The molecule has 0 amide bonds. The zero-order chi connectivity index (χ0) is 8.53. The van der Waals surface area contributed by atoms with Crippen LogP contribution in [-0.4, -0.2) is 0 Å². The van der Waals surface area contributed by atoms with Gasteiger partial charge in [0.1, 0.15) is 0 Å². The van der Waals surface area contributed by atoms with Gasteiger partial charge in [0, 0.05) is 0 Å². The molecule has 0 N–H and O–H groups in total. The number of allylic oxidation sites excluding steroid dienone is 7. The van der Waals surface area contributed by atoms with E-state index in [1.165, 1.54) is 0 Å². The van der Waals surface area contributed by atoms with E-state index in [9.17, 15) is 0 Å². The van der Waals surface area contributed by atoms with Gasteiger partial charge >= 0.3 is 0 Å². The van der Waals surface area contributed by atoms with E-state index in [-0.39, 0.29) is 0 Å². The lowest BCUT2D eigenvalue weighted by Crippen LogP contribution is -1.79. The van der Waals surface area contributed by atoms with Crippen molar-refractivity contribution in [2.45, 2.75) is 13.8 Å². The van der Waals surface area contributed by atoms with Gasteiger partial charge in [0.2, 0.25) is 0 Å². The summed E-state index contributed by atoms with van der Waals surface area (Å²) in [4.78, 5) is 0. The highest BCUT2D eigenvalue weighted by Gasteiger charge is 1.84. The standard InChI is InChI=1S/C11H16/c1-4-6-8-10-11(3)9-7-5-2/h4-11H,2H2,1,3H3/b6-4+,9-7+,10-8+. The molecule has 60 valence electrons. The molecule has 11 heavy (non-hydrogen) atoms. The molecule has 0 fully saturated rings. The van der Waals surface area contributed by atoms with Gasteiger partial charge in [-0.05, 0) is 12.8 Å². The van der Waals surface area contributed by atoms with Gasteiger partial charge in [-0.3, -0.25) is 0 Å². The Morgan fingerprint density at radius 3 is 2.27 bits per heavy atom. The van der Waals surface area contributed by atoms with Crippen LogP contribution in [0.4, 0.5) is 0 Å². The van der Waals surface area contributed by atoms with Crippen LogP contribution in [0.3, 0.4) is 0 Å². The predicted molar refractivity (Wildman–Crippen MR) is 52.5 cm³/mol. The molecular weight excluding hydrogens is 132 g/mol. The highest BCUT2D eigenvalue weighted by Crippen LogP contribution is 1.99. The van der Waals surface area contributed by atoms with Crippen molar-refractivity contribution < 1.29 is 0 Å². The van der Waals surface area contributed by atoms with Gasteiger partial charge in [-0.15, -0.1) is 0 Å². The van der Waals surface area contributed by atoms with Crippen LogP contribution < -0.4 is 0 Å². The Bertz CT molecular complexity index is 170. The summed E-state index contributed by atoms with van der Waals surface area (Å²) in [6, 6.07) is 0. The minimum absolute atomic E-state index is 0.490. The molecule has 0 saturated heterocycles. The third-order valence-corrected chi connectivity index (χ3v) is 1.27. The fraction of sp³-hybridized carbons (Fsp3) is 0.273. The minimum atomic E-state index is 0.490. The van der Waals surface area contributed by atoms with Crippen LogP contribution in [0.15, 0.2) is 49.1 Å². The summed E-state index contributed by atoms with van der Waals surface area (Å²) in [6.07, 6.45) is 14.1. The first-order chi connectivity index (χ1) is 5.31. The summed E-state index contributed by atoms with van der Waals surface area (Å²) < 4.78 is 0. The predicted octanol–water partition coefficient (Wildman–Crippen LogP) is 3.50. The Balaban J connectivity index is 3.75. The van der Waals surface area contributed by atoms with Crippen LogP contribution in [0.5, 0.6) is 0 Å². The van der Waals surface area contributed by atoms with E-state index in [1.54, 1.807) is 6.08 Å². The van der Waals surface area contributed by atoms with Gasteiger partial charge in [-0.1, -0.05) is 56.0 Å². The average Bonchev–Trinajstić information content (AvgIpc) is 2.01. The molecule has 0 radical (unpaired) electrons. The molecule has 1 atom stereocenters. The third kappa shape index (κ3) is 6.85. The van der Waals surface area contributed by atoms with Gasteiger partial charge in [-0.2, -0.15) is 0 Å². The van der Waals surface area contributed by atoms with Gasteiger partial charge in [0.25, 0.3) is 0 Å². The van der Waals surface area contributed by atoms with Gasteiger partial charge in [-0.25, -0.2) is 0 Å². The fourth-order valence-corrected chi connectivity index (χ4v) is 0.669. The quantitative estimate of drug-likeness (QED) is 0.535. The highest BCUT2D eigenvalue weighted by atomic mass is 13.9. The molecule has 1 unspecified atom stereocenters. The van der Waals surface area contributed by atoms with Crippen molar-refractivity contribution in [3.8, 4) is 0 Å². The molecule has 0 aliphatic carbocycles. The van der Waals surface area contributed by atoms with E-state index in [1.807, 2.05) is 25.2 Å². The zero-order valence-electron chi connectivity index (χ0n) is 7.33. The lowest BCUT2D eigenvalue weighted by atomic mass is 10.1. The summed E-state index contributed by atoms with van der Waals surface area (Å²) in [6.45, 7) is 7.75. The van der Waals surface area contributed by atoms with Crippen molar-refractivity contribution in [2.24, 2.45) is 5.92 Å². The first kappa shape index (κ1) is 9.96. The maximum absolute atomic E-state index is 3.60. The van der Waals surface area contributed by atoms with Crippen molar-refractivity contribution in [2.75, 3.05) is 0 Å². The highest BCUT2D eigenvalue weighted by molar-refractivity contribution is 5.09. The Morgan fingerprint density at radius 2 is 1.73 bits per heavy atom. The molecule has 0 saturated carbocycles. The second-order valence-corrected chi connectivity index (χ2v) is 2.39. The lowest BCUT2D eigenvalue weighted by molar-refractivity contribution is 0.940. The molecule has 0 aromatic heterocycles. The zero-order valence-corrected chi connectivity index (χ0v) is 7.33. The Hall–Kier alpha value is -1.04. The molecule has 0 rings (SSSR count). The molecule has 0 heterocycles. The van der Waals surface area contributed by atoms with E-state index in [2.05, 4.69) is 31.7 Å². The van der Waals surface area contributed by atoms with E-state index < -0.39 is 0 Å².